The molecule has 0 radical (unpaired) electrons. The number of thiophene rings is 1. The summed E-state index contributed by atoms with van der Waals surface area (Å²) in [4.78, 5) is 18.7. The summed E-state index contributed by atoms with van der Waals surface area (Å²) in [6.45, 7) is 0.505. The second-order valence-corrected chi connectivity index (χ2v) is 7.00. The number of amides is 1. The van der Waals surface area contributed by atoms with Crippen molar-refractivity contribution in [3.05, 3.63) is 51.5 Å². The monoisotopic (exact) mass is 328 g/mol. The van der Waals surface area contributed by atoms with E-state index in [4.69, 9.17) is 4.74 Å². The predicted molar refractivity (Wildman–Crippen MR) is 88.5 cm³/mol. The third-order valence-corrected chi connectivity index (χ3v) is 5.18. The molecule has 0 saturated heterocycles. The lowest BCUT2D eigenvalue weighted by molar-refractivity contribution is -0.115. The number of ether oxygens (including phenoxy) is 1. The molecule has 4 nitrogen and oxygen atoms in total. The number of thiazole rings is 1. The quantitative estimate of drug-likeness (QED) is 0.792. The Kier molecular flexibility index (Phi) is 3.40. The van der Waals surface area contributed by atoms with E-state index < -0.39 is 0 Å². The highest BCUT2D eigenvalue weighted by Crippen LogP contribution is 2.40. The Balaban J connectivity index is 1.56. The van der Waals surface area contributed by atoms with E-state index in [1.807, 2.05) is 41.8 Å². The third-order valence-electron chi connectivity index (χ3n) is 3.36. The van der Waals surface area contributed by atoms with Gasteiger partial charge in [-0.25, -0.2) is 4.98 Å². The molecule has 4 rings (SSSR count). The van der Waals surface area contributed by atoms with Crippen molar-refractivity contribution < 1.29 is 9.53 Å². The number of anilines is 1. The van der Waals surface area contributed by atoms with Crippen LogP contribution < -0.4 is 10.1 Å². The standard InChI is InChI=1S/C16H12N2O2S2/c19-14(8-10-4-3-7-21-10)17-16-18-15-11-5-1-2-6-12(11)20-9-13(15)22-16/h1-7H,8-9H2,(H,17,18,19). The Labute approximate surface area is 135 Å². The average molecular weight is 328 g/mol. The van der Waals surface area contributed by atoms with Gasteiger partial charge in [0.05, 0.1) is 17.0 Å². The fourth-order valence-corrected chi connectivity index (χ4v) is 3.99. The van der Waals surface area contributed by atoms with Gasteiger partial charge >= 0.3 is 0 Å². The number of rotatable bonds is 3. The first-order valence-electron chi connectivity index (χ1n) is 6.84. The van der Waals surface area contributed by atoms with Gasteiger partial charge in [0, 0.05) is 10.4 Å². The van der Waals surface area contributed by atoms with E-state index in [1.165, 1.54) is 11.3 Å². The van der Waals surface area contributed by atoms with Crippen LogP contribution in [0.25, 0.3) is 11.3 Å². The number of carbonyl (C=O) groups excluding carboxylic acids is 1. The van der Waals surface area contributed by atoms with E-state index >= 15 is 0 Å². The van der Waals surface area contributed by atoms with Crippen molar-refractivity contribution in [2.75, 3.05) is 5.32 Å². The molecule has 1 amide bonds. The van der Waals surface area contributed by atoms with E-state index in [2.05, 4.69) is 10.3 Å². The number of aromatic nitrogens is 1. The van der Waals surface area contributed by atoms with Gasteiger partial charge < -0.3 is 10.1 Å². The minimum Gasteiger partial charge on any atom is -0.487 e. The van der Waals surface area contributed by atoms with Crippen LogP contribution in [0.15, 0.2) is 41.8 Å². The number of para-hydroxylation sites is 1. The van der Waals surface area contributed by atoms with Crippen molar-refractivity contribution in [1.82, 2.24) is 4.98 Å². The van der Waals surface area contributed by atoms with Crippen molar-refractivity contribution >= 4 is 33.7 Å². The molecule has 0 aliphatic carbocycles. The first-order valence-corrected chi connectivity index (χ1v) is 8.53. The largest absolute Gasteiger partial charge is 0.487 e. The molecule has 6 heteroatoms. The lowest BCUT2D eigenvalue weighted by Gasteiger charge is -2.15. The van der Waals surface area contributed by atoms with Crippen LogP contribution in [0.4, 0.5) is 5.13 Å². The topological polar surface area (TPSA) is 51.2 Å². The molecule has 1 aromatic carbocycles. The average Bonchev–Trinajstić information content (AvgIpc) is 3.16. The first kappa shape index (κ1) is 13.5. The smallest absolute Gasteiger partial charge is 0.231 e. The van der Waals surface area contributed by atoms with Gasteiger partial charge in [0.1, 0.15) is 12.4 Å². The summed E-state index contributed by atoms with van der Waals surface area (Å²) < 4.78 is 5.71. The maximum Gasteiger partial charge on any atom is 0.231 e. The highest BCUT2D eigenvalue weighted by molar-refractivity contribution is 7.16. The Morgan fingerprint density at radius 2 is 2.18 bits per heavy atom. The molecule has 3 heterocycles. The molecule has 110 valence electrons. The lowest BCUT2D eigenvalue weighted by Crippen LogP contribution is -2.13. The van der Waals surface area contributed by atoms with E-state index in [9.17, 15) is 4.79 Å². The van der Waals surface area contributed by atoms with Crippen LogP contribution in [0.2, 0.25) is 0 Å². The molecule has 1 aliphatic rings. The van der Waals surface area contributed by atoms with Crippen molar-refractivity contribution in [2.24, 2.45) is 0 Å². The Morgan fingerprint density at radius 3 is 3.05 bits per heavy atom. The molecular formula is C16H12N2O2S2. The van der Waals surface area contributed by atoms with E-state index in [-0.39, 0.29) is 5.91 Å². The summed E-state index contributed by atoms with van der Waals surface area (Å²) >= 11 is 3.06. The normalized spacial score (nSPS) is 12.2. The summed E-state index contributed by atoms with van der Waals surface area (Å²) in [5.41, 5.74) is 1.90. The van der Waals surface area contributed by atoms with E-state index in [0.29, 0.717) is 18.2 Å². The van der Waals surface area contributed by atoms with Crippen LogP contribution in [0, 0.1) is 0 Å². The van der Waals surface area contributed by atoms with Gasteiger partial charge in [0.25, 0.3) is 0 Å². The molecule has 22 heavy (non-hydrogen) atoms. The molecule has 0 spiro atoms. The van der Waals surface area contributed by atoms with E-state index in [1.54, 1.807) is 11.3 Å². The molecular weight excluding hydrogens is 316 g/mol. The lowest BCUT2D eigenvalue weighted by atomic mass is 10.1. The Morgan fingerprint density at radius 1 is 1.27 bits per heavy atom. The zero-order valence-corrected chi connectivity index (χ0v) is 13.2. The molecule has 0 saturated carbocycles. The zero-order valence-electron chi connectivity index (χ0n) is 11.5. The molecule has 1 N–H and O–H groups in total. The summed E-state index contributed by atoms with van der Waals surface area (Å²) in [6, 6.07) is 11.7. The Hall–Kier alpha value is -2.18. The zero-order chi connectivity index (χ0) is 14.9. The molecule has 3 aromatic rings. The third kappa shape index (κ3) is 2.51. The number of nitrogens with zero attached hydrogens (tertiary/aromatic N) is 1. The van der Waals surface area contributed by atoms with Crippen LogP contribution in [0.3, 0.4) is 0 Å². The van der Waals surface area contributed by atoms with Gasteiger partial charge in [-0.05, 0) is 23.6 Å². The van der Waals surface area contributed by atoms with Crippen LogP contribution in [-0.2, 0) is 17.8 Å². The molecule has 0 fully saturated rings. The summed E-state index contributed by atoms with van der Waals surface area (Å²) in [5, 5.41) is 5.49. The van der Waals surface area contributed by atoms with Crippen molar-refractivity contribution in [2.45, 2.75) is 13.0 Å². The minimum atomic E-state index is -0.0391. The fourth-order valence-electron chi connectivity index (χ4n) is 2.38. The number of benzene rings is 1. The van der Waals surface area contributed by atoms with E-state index in [0.717, 1.165) is 26.8 Å². The second kappa shape index (κ2) is 5.55. The predicted octanol–water partition coefficient (Wildman–Crippen LogP) is 3.95. The summed E-state index contributed by atoms with van der Waals surface area (Å²) in [7, 11) is 0. The SMILES string of the molecule is O=C(Cc1cccs1)Nc1nc2c(s1)COc1ccccc1-2. The fraction of sp³-hybridized carbons (Fsp3) is 0.125. The van der Waals surface area contributed by atoms with Crippen LogP contribution in [0.5, 0.6) is 5.75 Å². The van der Waals surface area contributed by atoms with Gasteiger partial charge in [0.2, 0.25) is 5.91 Å². The van der Waals surface area contributed by atoms with Gasteiger partial charge in [-0.15, -0.1) is 11.3 Å². The highest BCUT2D eigenvalue weighted by atomic mass is 32.1. The van der Waals surface area contributed by atoms with Crippen LogP contribution in [-0.4, -0.2) is 10.9 Å². The van der Waals surface area contributed by atoms with Gasteiger partial charge in [-0.1, -0.05) is 29.5 Å². The number of hydrogen-bond donors (Lipinski definition) is 1. The molecule has 2 aromatic heterocycles. The second-order valence-electron chi connectivity index (χ2n) is 4.88. The van der Waals surface area contributed by atoms with Gasteiger partial charge in [0.15, 0.2) is 5.13 Å². The number of fused-ring (bicyclic) bond motifs is 3. The minimum absolute atomic E-state index is 0.0391. The molecule has 0 atom stereocenters. The van der Waals surface area contributed by atoms with Crippen LogP contribution >= 0.6 is 22.7 Å². The number of nitrogens with one attached hydrogen (secondary N) is 1. The van der Waals surface area contributed by atoms with Gasteiger partial charge in [-0.3, -0.25) is 4.79 Å². The van der Waals surface area contributed by atoms with Crippen molar-refractivity contribution in [3.8, 4) is 17.0 Å². The van der Waals surface area contributed by atoms with Crippen molar-refractivity contribution in [3.63, 3.8) is 0 Å². The van der Waals surface area contributed by atoms with Crippen molar-refractivity contribution in [1.29, 1.82) is 0 Å². The van der Waals surface area contributed by atoms with Gasteiger partial charge in [-0.2, -0.15) is 0 Å². The molecule has 0 unspecified atom stereocenters. The maximum absolute atomic E-state index is 12.1. The maximum atomic E-state index is 12.1. The number of hydrogen-bond acceptors (Lipinski definition) is 5. The molecule has 1 aliphatic heterocycles. The van der Waals surface area contributed by atoms with Crippen LogP contribution in [0.1, 0.15) is 9.75 Å². The highest BCUT2D eigenvalue weighted by Gasteiger charge is 2.22. The summed E-state index contributed by atoms with van der Waals surface area (Å²) in [6.07, 6.45) is 0.384. The molecule has 0 bridgehead atoms. The number of carbonyl (C=O) groups is 1. The first-order chi connectivity index (χ1) is 10.8. The summed E-state index contributed by atoms with van der Waals surface area (Å²) in [5.74, 6) is 0.805. The Bertz CT molecular complexity index is 825.